The Morgan fingerprint density at radius 1 is 1.36 bits per heavy atom. The number of aromatic nitrogens is 3. The van der Waals surface area contributed by atoms with Crippen molar-refractivity contribution < 1.29 is 4.79 Å². The number of aryl methyl sites for hydroxylation is 1. The summed E-state index contributed by atoms with van der Waals surface area (Å²) in [7, 11) is 0. The lowest BCUT2D eigenvalue weighted by Crippen LogP contribution is -2.29. The van der Waals surface area contributed by atoms with Crippen molar-refractivity contribution in [2.45, 2.75) is 25.3 Å². The molecule has 1 aliphatic heterocycles. The van der Waals surface area contributed by atoms with Crippen LogP contribution >= 0.6 is 23.2 Å². The van der Waals surface area contributed by atoms with E-state index in [2.05, 4.69) is 10.3 Å². The Bertz CT molecular complexity index is 660. The number of carbonyl (C=O) groups is 1. The third kappa shape index (κ3) is 3.42. The quantitative estimate of drug-likeness (QED) is 0.860. The molecule has 1 amide bonds. The van der Waals surface area contributed by atoms with Gasteiger partial charge in [0.25, 0.3) is 0 Å². The molecule has 116 valence electrons. The fraction of sp³-hybridized carbons (Fsp3) is 0.400. The first-order valence-electron chi connectivity index (χ1n) is 7.21. The lowest BCUT2D eigenvalue weighted by molar-refractivity contribution is -0.130. The number of nitrogens with zero attached hydrogens (tertiary/aromatic N) is 4. The first-order valence-corrected chi connectivity index (χ1v) is 7.96. The summed E-state index contributed by atoms with van der Waals surface area (Å²) in [5.41, 5.74) is 0.950. The van der Waals surface area contributed by atoms with Crippen molar-refractivity contribution >= 4 is 29.1 Å². The highest BCUT2D eigenvalue weighted by atomic mass is 35.5. The number of likely N-dealkylation sites (tertiary alicyclic amines) is 1. The van der Waals surface area contributed by atoms with Crippen molar-refractivity contribution in [3.05, 3.63) is 46.2 Å². The lowest BCUT2D eigenvalue weighted by Gasteiger charge is -2.16. The minimum Gasteiger partial charge on any atom is -0.340 e. The van der Waals surface area contributed by atoms with Crippen molar-refractivity contribution in [1.29, 1.82) is 0 Å². The number of rotatable bonds is 4. The van der Waals surface area contributed by atoms with E-state index in [0.29, 0.717) is 29.4 Å². The van der Waals surface area contributed by atoms with Gasteiger partial charge in [0.1, 0.15) is 0 Å². The number of hydrogen-bond acceptors (Lipinski definition) is 3. The summed E-state index contributed by atoms with van der Waals surface area (Å²) < 4.78 is 1.82. The highest BCUT2D eigenvalue weighted by Crippen LogP contribution is 2.24. The molecule has 5 nitrogen and oxygen atoms in total. The zero-order chi connectivity index (χ0) is 15.5. The zero-order valence-corrected chi connectivity index (χ0v) is 13.5. The third-order valence-corrected chi connectivity index (χ3v) is 4.54. The lowest BCUT2D eigenvalue weighted by atomic mass is 10.1. The molecule has 3 rings (SSSR count). The molecule has 0 radical (unpaired) electrons. The second-order valence-corrected chi connectivity index (χ2v) is 6.24. The van der Waals surface area contributed by atoms with E-state index in [9.17, 15) is 4.79 Å². The minimum absolute atomic E-state index is 0.147. The van der Waals surface area contributed by atoms with Gasteiger partial charge in [0, 0.05) is 35.8 Å². The van der Waals surface area contributed by atoms with E-state index >= 15 is 0 Å². The second kappa shape index (κ2) is 6.67. The van der Waals surface area contributed by atoms with Crippen LogP contribution in [0.15, 0.2) is 30.6 Å². The van der Waals surface area contributed by atoms with E-state index < -0.39 is 0 Å². The molecule has 0 N–H and O–H groups in total. The van der Waals surface area contributed by atoms with Gasteiger partial charge in [0.15, 0.2) is 0 Å². The van der Waals surface area contributed by atoms with Gasteiger partial charge in [0.05, 0.1) is 12.2 Å². The molecule has 0 bridgehead atoms. The smallest absolute Gasteiger partial charge is 0.222 e. The monoisotopic (exact) mass is 338 g/mol. The summed E-state index contributed by atoms with van der Waals surface area (Å²) >= 11 is 12.0. The van der Waals surface area contributed by atoms with E-state index in [4.69, 9.17) is 23.2 Å². The first kappa shape index (κ1) is 15.3. The van der Waals surface area contributed by atoms with E-state index in [1.807, 2.05) is 21.8 Å². The van der Waals surface area contributed by atoms with Crippen molar-refractivity contribution in [2.24, 2.45) is 0 Å². The molecule has 7 heteroatoms. The summed E-state index contributed by atoms with van der Waals surface area (Å²) in [4.78, 5) is 14.2. The van der Waals surface area contributed by atoms with Crippen LogP contribution < -0.4 is 0 Å². The average molecular weight is 339 g/mol. The molecule has 2 aromatic rings. The summed E-state index contributed by atoms with van der Waals surface area (Å²) in [6.45, 7) is 1.45. The number of halogens is 2. The molecule has 0 aliphatic carbocycles. The molecule has 2 heterocycles. The summed E-state index contributed by atoms with van der Waals surface area (Å²) in [6.07, 6.45) is 5.49. The minimum atomic E-state index is 0.147. The van der Waals surface area contributed by atoms with Gasteiger partial charge in [-0.25, -0.2) is 4.68 Å². The van der Waals surface area contributed by atoms with Gasteiger partial charge in [-0.15, -0.1) is 5.10 Å². The number of hydrogen-bond donors (Lipinski definition) is 0. The first-order chi connectivity index (χ1) is 10.6. The van der Waals surface area contributed by atoms with Gasteiger partial charge >= 0.3 is 0 Å². The maximum Gasteiger partial charge on any atom is 0.222 e. The molecular formula is C15H16Cl2N4O. The van der Waals surface area contributed by atoms with Crippen LogP contribution in [0.2, 0.25) is 10.0 Å². The fourth-order valence-corrected chi connectivity index (χ4v) is 3.22. The number of benzene rings is 1. The molecular weight excluding hydrogens is 323 g/mol. The third-order valence-electron chi connectivity index (χ3n) is 3.95. The molecule has 1 aromatic carbocycles. The average Bonchev–Trinajstić information content (AvgIpc) is 3.17. The van der Waals surface area contributed by atoms with Gasteiger partial charge in [-0.2, -0.15) is 0 Å². The van der Waals surface area contributed by atoms with E-state index in [1.165, 1.54) is 0 Å². The van der Waals surface area contributed by atoms with Crippen molar-refractivity contribution in [3.8, 4) is 0 Å². The molecule has 0 spiro atoms. The number of amides is 1. The highest BCUT2D eigenvalue weighted by molar-refractivity contribution is 6.35. The Labute approximate surface area is 138 Å². The van der Waals surface area contributed by atoms with E-state index in [0.717, 1.165) is 18.5 Å². The summed E-state index contributed by atoms with van der Waals surface area (Å²) in [5.74, 6) is 0.147. The molecule has 22 heavy (non-hydrogen) atoms. The van der Waals surface area contributed by atoms with Gasteiger partial charge in [-0.1, -0.05) is 34.5 Å². The van der Waals surface area contributed by atoms with Gasteiger partial charge in [-0.05, 0) is 30.5 Å². The van der Waals surface area contributed by atoms with Crippen molar-refractivity contribution in [1.82, 2.24) is 19.9 Å². The largest absolute Gasteiger partial charge is 0.340 e. The van der Waals surface area contributed by atoms with Gasteiger partial charge in [0.2, 0.25) is 5.91 Å². The normalized spacial score (nSPS) is 17.9. The molecule has 0 saturated carbocycles. The molecule has 1 fully saturated rings. The second-order valence-electron chi connectivity index (χ2n) is 5.40. The number of carbonyl (C=O) groups excluding carboxylic acids is 1. The van der Waals surface area contributed by atoms with Crippen LogP contribution in [-0.2, 0) is 11.2 Å². The van der Waals surface area contributed by atoms with Crippen LogP contribution in [0.1, 0.15) is 24.4 Å². The van der Waals surface area contributed by atoms with Crippen LogP contribution in [0.5, 0.6) is 0 Å². The molecule has 1 atom stereocenters. The predicted molar refractivity (Wildman–Crippen MR) is 85.0 cm³/mol. The standard InChI is InChI=1S/C15H16Cl2N4O/c16-12-3-1-11(14(17)9-12)2-4-15(22)20-7-5-13(10-20)21-8-6-18-19-21/h1,3,6,8-9,13H,2,4-5,7,10H2. The molecule has 1 aromatic heterocycles. The predicted octanol–water partition coefficient (Wildman–Crippen LogP) is 2.99. The zero-order valence-electron chi connectivity index (χ0n) is 12.0. The summed E-state index contributed by atoms with van der Waals surface area (Å²) in [5, 5.41) is 9.04. The van der Waals surface area contributed by atoms with Crippen molar-refractivity contribution in [3.63, 3.8) is 0 Å². The maximum absolute atomic E-state index is 12.3. The van der Waals surface area contributed by atoms with Crippen LogP contribution in [0.4, 0.5) is 0 Å². The van der Waals surface area contributed by atoms with Crippen LogP contribution in [0.25, 0.3) is 0 Å². The topological polar surface area (TPSA) is 51.0 Å². The Balaban J connectivity index is 1.54. The molecule has 1 unspecified atom stereocenters. The Kier molecular flexibility index (Phi) is 4.64. The van der Waals surface area contributed by atoms with Crippen LogP contribution in [-0.4, -0.2) is 38.9 Å². The molecule has 1 aliphatic rings. The van der Waals surface area contributed by atoms with Gasteiger partial charge in [-0.3, -0.25) is 4.79 Å². The Morgan fingerprint density at radius 3 is 2.95 bits per heavy atom. The van der Waals surface area contributed by atoms with E-state index in [1.54, 1.807) is 18.3 Å². The summed E-state index contributed by atoms with van der Waals surface area (Å²) in [6, 6.07) is 5.61. The Morgan fingerprint density at radius 2 is 2.23 bits per heavy atom. The fourth-order valence-electron chi connectivity index (χ4n) is 2.72. The highest BCUT2D eigenvalue weighted by Gasteiger charge is 2.27. The molecule has 1 saturated heterocycles. The Hall–Kier alpha value is -1.59. The SMILES string of the molecule is O=C(CCc1ccc(Cl)cc1Cl)N1CCC(n2ccnn2)C1. The van der Waals surface area contributed by atoms with E-state index in [-0.39, 0.29) is 11.9 Å². The van der Waals surface area contributed by atoms with Gasteiger partial charge < -0.3 is 4.90 Å². The van der Waals surface area contributed by atoms with Crippen LogP contribution in [0, 0.1) is 0 Å². The maximum atomic E-state index is 12.3. The van der Waals surface area contributed by atoms with Crippen LogP contribution in [0.3, 0.4) is 0 Å². The van der Waals surface area contributed by atoms with Crippen molar-refractivity contribution in [2.75, 3.05) is 13.1 Å².